The number of nitro benzene ring substituents is 1. The number of nitrogens with zero attached hydrogens (tertiary/aromatic N) is 3. The van der Waals surface area contributed by atoms with Crippen LogP contribution in [0.2, 0.25) is 0 Å². The number of ether oxygens (including phenoxy) is 1. The molecular formula is C13H13N3O5. The van der Waals surface area contributed by atoms with Gasteiger partial charge in [0.25, 0.3) is 5.69 Å². The Kier molecular flexibility index (Phi) is 4.17. The molecule has 1 N–H and O–H groups in total. The first kappa shape index (κ1) is 14.5. The van der Waals surface area contributed by atoms with E-state index < -0.39 is 22.1 Å². The number of aromatic carboxylic acids is 1. The summed E-state index contributed by atoms with van der Waals surface area (Å²) in [5.41, 5.74) is -0.200. The lowest BCUT2D eigenvalue weighted by Gasteiger charge is -2.10. The number of benzene rings is 1. The van der Waals surface area contributed by atoms with Crippen LogP contribution in [0.3, 0.4) is 0 Å². The highest BCUT2D eigenvalue weighted by Crippen LogP contribution is 2.28. The molecule has 0 unspecified atom stereocenters. The summed E-state index contributed by atoms with van der Waals surface area (Å²) in [6.07, 6.45) is 3.23. The molecule has 0 saturated heterocycles. The molecule has 21 heavy (non-hydrogen) atoms. The van der Waals surface area contributed by atoms with Crippen molar-refractivity contribution >= 4 is 11.7 Å². The van der Waals surface area contributed by atoms with Crippen molar-refractivity contribution in [3.8, 4) is 5.75 Å². The molecule has 110 valence electrons. The molecule has 8 heteroatoms. The number of nitro groups is 1. The molecule has 0 atom stereocenters. The summed E-state index contributed by atoms with van der Waals surface area (Å²) in [7, 11) is 0. The smallest absolute Gasteiger partial charge is 0.346 e. The van der Waals surface area contributed by atoms with Gasteiger partial charge < -0.3 is 14.4 Å². The summed E-state index contributed by atoms with van der Waals surface area (Å²) < 4.78 is 7.26. The first-order valence-electron chi connectivity index (χ1n) is 6.17. The highest BCUT2D eigenvalue weighted by atomic mass is 16.6. The Morgan fingerprint density at radius 2 is 2.29 bits per heavy atom. The average Bonchev–Trinajstić information content (AvgIpc) is 2.91. The predicted molar refractivity (Wildman–Crippen MR) is 72.3 cm³/mol. The van der Waals surface area contributed by atoms with E-state index in [0.29, 0.717) is 6.54 Å². The van der Waals surface area contributed by atoms with E-state index in [1.54, 1.807) is 12.5 Å². The molecule has 8 nitrogen and oxygen atoms in total. The molecule has 2 rings (SSSR count). The van der Waals surface area contributed by atoms with Crippen molar-refractivity contribution in [1.29, 1.82) is 0 Å². The predicted octanol–water partition coefficient (Wildman–Crippen LogP) is 2.09. The molecule has 0 aliphatic carbocycles. The normalized spacial score (nSPS) is 10.3. The molecule has 1 aromatic heterocycles. The fourth-order valence-electron chi connectivity index (χ4n) is 1.91. The number of aromatic nitrogens is 2. The van der Waals surface area contributed by atoms with E-state index in [1.807, 2.05) is 11.5 Å². The van der Waals surface area contributed by atoms with Crippen LogP contribution >= 0.6 is 0 Å². The lowest BCUT2D eigenvalue weighted by atomic mass is 10.1. The third-order valence-electron chi connectivity index (χ3n) is 2.93. The monoisotopic (exact) mass is 291 g/mol. The van der Waals surface area contributed by atoms with Crippen LogP contribution in [0.15, 0.2) is 30.7 Å². The number of rotatable bonds is 6. The maximum absolute atomic E-state index is 11.2. The van der Waals surface area contributed by atoms with E-state index in [1.165, 1.54) is 12.1 Å². The van der Waals surface area contributed by atoms with Gasteiger partial charge in [0.1, 0.15) is 12.4 Å². The van der Waals surface area contributed by atoms with Gasteiger partial charge in [0.15, 0.2) is 5.56 Å². The standard InChI is InChI=1S/C13H13N3O5/c1-2-15-8-14-6-9(15)7-21-11-5-3-4-10(16(19)20)12(11)13(17)18/h3-6,8H,2,7H2,1H3,(H,17,18). The second kappa shape index (κ2) is 6.04. The summed E-state index contributed by atoms with van der Waals surface area (Å²) in [5, 5.41) is 20.0. The van der Waals surface area contributed by atoms with Crippen molar-refractivity contribution in [2.24, 2.45) is 0 Å². The van der Waals surface area contributed by atoms with Crippen LogP contribution < -0.4 is 4.74 Å². The van der Waals surface area contributed by atoms with E-state index in [2.05, 4.69) is 4.98 Å². The molecule has 2 aromatic rings. The van der Waals surface area contributed by atoms with Crippen molar-refractivity contribution in [3.05, 3.63) is 52.1 Å². The van der Waals surface area contributed by atoms with Gasteiger partial charge in [0, 0.05) is 12.6 Å². The fraction of sp³-hybridized carbons (Fsp3) is 0.231. The number of carbonyl (C=O) groups is 1. The first-order valence-corrected chi connectivity index (χ1v) is 6.17. The van der Waals surface area contributed by atoms with Crippen LogP contribution in [0.25, 0.3) is 0 Å². The first-order chi connectivity index (χ1) is 10.0. The highest BCUT2D eigenvalue weighted by molar-refractivity contribution is 5.95. The van der Waals surface area contributed by atoms with Crippen molar-refractivity contribution in [2.45, 2.75) is 20.1 Å². The molecule has 0 bridgehead atoms. The van der Waals surface area contributed by atoms with Gasteiger partial charge in [0.2, 0.25) is 0 Å². The van der Waals surface area contributed by atoms with Gasteiger partial charge in [0.05, 0.1) is 23.1 Å². The Bertz CT molecular complexity index is 680. The molecular weight excluding hydrogens is 278 g/mol. The van der Waals surface area contributed by atoms with Crippen LogP contribution in [0.4, 0.5) is 5.69 Å². The van der Waals surface area contributed by atoms with Gasteiger partial charge in [-0.2, -0.15) is 0 Å². The number of aryl methyl sites for hydroxylation is 1. The Morgan fingerprint density at radius 1 is 1.52 bits per heavy atom. The Balaban J connectivity index is 2.30. The molecule has 0 radical (unpaired) electrons. The van der Waals surface area contributed by atoms with Crippen molar-refractivity contribution in [1.82, 2.24) is 9.55 Å². The number of imidazole rings is 1. The highest BCUT2D eigenvalue weighted by Gasteiger charge is 2.24. The molecule has 0 saturated carbocycles. The zero-order valence-corrected chi connectivity index (χ0v) is 11.2. The van der Waals surface area contributed by atoms with Crippen LogP contribution in [-0.2, 0) is 13.2 Å². The lowest BCUT2D eigenvalue weighted by molar-refractivity contribution is -0.385. The molecule has 0 aliphatic rings. The van der Waals surface area contributed by atoms with Gasteiger partial charge in [-0.15, -0.1) is 0 Å². The maximum atomic E-state index is 11.2. The lowest BCUT2D eigenvalue weighted by Crippen LogP contribution is -2.09. The zero-order chi connectivity index (χ0) is 15.4. The minimum Gasteiger partial charge on any atom is -0.486 e. The van der Waals surface area contributed by atoms with Crippen LogP contribution in [0.1, 0.15) is 23.0 Å². The van der Waals surface area contributed by atoms with Gasteiger partial charge >= 0.3 is 5.97 Å². The summed E-state index contributed by atoms with van der Waals surface area (Å²) in [5.74, 6) is -1.44. The van der Waals surface area contributed by atoms with Crippen LogP contribution in [-0.4, -0.2) is 25.6 Å². The van der Waals surface area contributed by atoms with Crippen LogP contribution in [0.5, 0.6) is 5.75 Å². The number of hydrogen-bond donors (Lipinski definition) is 1. The summed E-state index contributed by atoms with van der Waals surface area (Å²) >= 11 is 0. The topological polar surface area (TPSA) is 107 Å². The largest absolute Gasteiger partial charge is 0.486 e. The Hall–Kier alpha value is -2.90. The van der Waals surface area contributed by atoms with E-state index in [9.17, 15) is 14.9 Å². The fourth-order valence-corrected chi connectivity index (χ4v) is 1.91. The number of carboxylic acid groups (broad SMARTS) is 1. The molecule has 0 fully saturated rings. The summed E-state index contributed by atoms with van der Waals surface area (Å²) in [6.45, 7) is 2.70. The van der Waals surface area contributed by atoms with Crippen molar-refractivity contribution < 1.29 is 19.6 Å². The van der Waals surface area contributed by atoms with E-state index >= 15 is 0 Å². The SMILES string of the molecule is CCn1cncc1COc1cccc([N+](=O)[O-])c1C(=O)O. The van der Waals surface area contributed by atoms with Crippen molar-refractivity contribution in [3.63, 3.8) is 0 Å². The average molecular weight is 291 g/mol. The molecule has 0 aliphatic heterocycles. The Morgan fingerprint density at radius 3 is 2.90 bits per heavy atom. The quantitative estimate of drug-likeness (QED) is 0.645. The van der Waals surface area contributed by atoms with E-state index in [0.717, 1.165) is 11.8 Å². The minimum atomic E-state index is -1.40. The zero-order valence-electron chi connectivity index (χ0n) is 11.2. The summed E-state index contributed by atoms with van der Waals surface area (Å²) in [4.78, 5) is 25.3. The van der Waals surface area contributed by atoms with E-state index in [-0.39, 0.29) is 12.4 Å². The molecule has 0 spiro atoms. The minimum absolute atomic E-state index is 0.0412. The van der Waals surface area contributed by atoms with Gasteiger partial charge in [-0.25, -0.2) is 9.78 Å². The second-order valence-electron chi connectivity index (χ2n) is 4.17. The van der Waals surface area contributed by atoms with E-state index in [4.69, 9.17) is 9.84 Å². The maximum Gasteiger partial charge on any atom is 0.346 e. The second-order valence-corrected chi connectivity index (χ2v) is 4.17. The Labute approximate surface area is 119 Å². The van der Waals surface area contributed by atoms with Crippen molar-refractivity contribution in [2.75, 3.05) is 0 Å². The number of hydrogen-bond acceptors (Lipinski definition) is 5. The van der Waals surface area contributed by atoms with Gasteiger partial charge in [-0.3, -0.25) is 10.1 Å². The van der Waals surface area contributed by atoms with Gasteiger partial charge in [-0.05, 0) is 13.0 Å². The summed E-state index contributed by atoms with van der Waals surface area (Å²) in [6, 6.07) is 3.91. The molecule has 1 heterocycles. The van der Waals surface area contributed by atoms with Crippen LogP contribution in [0, 0.1) is 10.1 Å². The third kappa shape index (κ3) is 2.99. The van der Waals surface area contributed by atoms with Gasteiger partial charge in [-0.1, -0.05) is 6.07 Å². The third-order valence-corrected chi connectivity index (χ3v) is 2.93. The molecule has 1 aromatic carbocycles. The molecule has 0 amide bonds. The number of carboxylic acids is 1.